The number of para-hydroxylation sites is 1. The van der Waals surface area contributed by atoms with Crippen molar-refractivity contribution in [1.82, 2.24) is 4.90 Å². The summed E-state index contributed by atoms with van der Waals surface area (Å²) in [6, 6.07) is 14.9. The zero-order chi connectivity index (χ0) is 18.2. The first kappa shape index (κ1) is 18.6. The quantitative estimate of drug-likeness (QED) is 0.736. The minimum atomic E-state index is -0.549. The fourth-order valence-corrected chi connectivity index (χ4v) is 2.56. The Balaban J connectivity index is 2.07. The lowest BCUT2D eigenvalue weighted by molar-refractivity contribution is -0.138. The van der Waals surface area contributed by atoms with E-state index in [0.29, 0.717) is 24.5 Å². The van der Waals surface area contributed by atoms with Gasteiger partial charge in [0.05, 0.1) is 14.2 Å². The molecule has 2 rings (SSSR count). The summed E-state index contributed by atoms with van der Waals surface area (Å²) in [5.74, 6) is 2.01. The molecule has 0 saturated carbocycles. The number of amides is 1. The molecule has 2 aromatic rings. The second-order valence-electron chi connectivity index (χ2n) is 5.70. The molecule has 2 aromatic carbocycles. The van der Waals surface area contributed by atoms with Crippen LogP contribution in [0.1, 0.15) is 18.9 Å². The third-order valence-corrected chi connectivity index (χ3v) is 3.94. The molecule has 0 aliphatic rings. The second-order valence-corrected chi connectivity index (χ2v) is 5.70. The highest BCUT2D eigenvalue weighted by Gasteiger charge is 2.23. The van der Waals surface area contributed by atoms with E-state index in [0.717, 1.165) is 11.3 Å². The monoisotopic (exact) mass is 343 g/mol. The summed E-state index contributed by atoms with van der Waals surface area (Å²) in [5, 5.41) is 0. The molecular formula is C20H25NO4. The van der Waals surface area contributed by atoms with Gasteiger partial charge in [-0.1, -0.05) is 31.2 Å². The Morgan fingerprint density at radius 1 is 1.04 bits per heavy atom. The van der Waals surface area contributed by atoms with E-state index >= 15 is 0 Å². The van der Waals surface area contributed by atoms with Crippen molar-refractivity contribution in [2.24, 2.45) is 0 Å². The van der Waals surface area contributed by atoms with E-state index in [1.807, 2.05) is 49.4 Å². The van der Waals surface area contributed by atoms with Crippen molar-refractivity contribution >= 4 is 5.91 Å². The molecule has 0 N–H and O–H groups in total. The maximum atomic E-state index is 12.8. The summed E-state index contributed by atoms with van der Waals surface area (Å²) in [5.41, 5.74) is 0.956. The Labute approximate surface area is 149 Å². The average Bonchev–Trinajstić information content (AvgIpc) is 2.66. The summed E-state index contributed by atoms with van der Waals surface area (Å²) in [4.78, 5) is 14.4. The number of rotatable bonds is 8. The van der Waals surface area contributed by atoms with Crippen LogP contribution in [0.2, 0.25) is 0 Å². The van der Waals surface area contributed by atoms with Crippen molar-refractivity contribution in [2.45, 2.75) is 26.0 Å². The first-order valence-electron chi connectivity index (χ1n) is 8.26. The van der Waals surface area contributed by atoms with Gasteiger partial charge in [0.25, 0.3) is 5.91 Å². The molecule has 1 atom stereocenters. The zero-order valence-corrected chi connectivity index (χ0v) is 15.2. The molecule has 0 unspecified atom stereocenters. The van der Waals surface area contributed by atoms with Crippen LogP contribution >= 0.6 is 0 Å². The van der Waals surface area contributed by atoms with Crippen molar-refractivity contribution in [1.29, 1.82) is 0 Å². The number of hydrogen-bond donors (Lipinski definition) is 0. The minimum Gasteiger partial charge on any atom is -0.497 e. The lowest BCUT2D eigenvalue weighted by Gasteiger charge is -2.24. The number of carbonyl (C=O) groups is 1. The number of hydrogen-bond acceptors (Lipinski definition) is 4. The van der Waals surface area contributed by atoms with Crippen LogP contribution < -0.4 is 14.2 Å². The topological polar surface area (TPSA) is 48.0 Å². The largest absolute Gasteiger partial charge is 0.497 e. The smallest absolute Gasteiger partial charge is 0.263 e. The maximum Gasteiger partial charge on any atom is 0.263 e. The molecular weight excluding hydrogens is 318 g/mol. The number of methoxy groups -OCH3 is 2. The molecule has 0 radical (unpaired) electrons. The Morgan fingerprint density at radius 2 is 1.76 bits per heavy atom. The van der Waals surface area contributed by atoms with E-state index in [1.54, 1.807) is 32.2 Å². The molecule has 5 heteroatoms. The molecule has 0 spiro atoms. The Morgan fingerprint density at radius 3 is 2.44 bits per heavy atom. The highest BCUT2D eigenvalue weighted by Crippen LogP contribution is 2.22. The first-order valence-corrected chi connectivity index (χ1v) is 8.26. The minimum absolute atomic E-state index is 0.0729. The van der Waals surface area contributed by atoms with Gasteiger partial charge >= 0.3 is 0 Å². The van der Waals surface area contributed by atoms with Crippen LogP contribution in [0, 0.1) is 0 Å². The van der Waals surface area contributed by atoms with Gasteiger partial charge in [0, 0.05) is 25.2 Å². The molecule has 0 fully saturated rings. The molecule has 0 aliphatic heterocycles. The van der Waals surface area contributed by atoms with E-state index < -0.39 is 6.10 Å². The highest BCUT2D eigenvalue weighted by atomic mass is 16.5. The lowest BCUT2D eigenvalue weighted by atomic mass is 10.1. The van der Waals surface area contributed by atoms with Crippen molar-refractivity contribution in [3.63, 3.8) is 0 Å². The van der Waals surface area contributed by atoms with E-state index in [-0.39, 0.29) is 5.91 Å². The summed E-state index contributed by atoms with van der Waals surface area (Å²) in [6.45, 7) is 2.39. The molecule has 0 saturated heterocycles. The Hall–Kier alpha value is -2.69. The molecule has 134 valence electrons. The van der Waals surface area contributed by atoms with Crippen molar-refractivity contribution in [3.05, 3.63) is 54.1 Å². The van der Waals surface area contributed by atoms with Gasteiger partial charge in [-0.2, -0.15) is 0 Å². The van der Waals surface area contributed by atoms with Crippen LogP contribution in [0.5, 0.6) is 17.2 Å². The molecule has 0 aromatic heterocycles. The molecule has 0 bridgehead atoms. The Kier molecular flexibility index (Phi) is 6.69. The summed E-state index contributed by atoms with van der Waals surface area (Å²) in [7, 11) is 5.00. The van der Waals surface area contributed by atoms with Gasteiger partial charge < -0.3 is 19.1 Å². The van der Waals surface area contributed by atoms with Gasteiger partial charge in [-0.25, -0.2) is 0 Å². The number of carbonyl (C=O) groups excluding carboxylic acids is 1. The molecule has 0 aliphatic carbocycles. The number of ether oxygens (including phenoxy) is 3. The third kappa shape index (κ3) is 4.89. The van der Waals surface area contributed by atoms with Crippen LogP contribution in [0.15, 0.2) is 48.5 Å². The summed E-state index contributed by atoms with van der Waals surface area (Å²) >= 11 is 0. The number of likely N-dealkylation sites (N-methyl/N-ethyl adjacent to an activating group) is 1. The average molecular weight is 343 g/mol. The molecule has 5 nitrogen and oxygen atoms in total. The van der Waals surface area contributed by atoms with Crippen molar-refractivity contribution in [2.75, 3.05) is 21.3 Å². The molecule has 1 amide bonds. The van der Waals surface area contributed by atoms with E-state index in [4.69, 9.17) is 14.2 Å². The third-order valence-electron chi connectivity index (χ3n) is 3.94. The lowest BCUT2D eigenvalue weighted by Crippen LogP contribution is -2.39. The van der Waals surface area contributed by atoms with Gasteiger partial charge in [0.1, 0.15) is 17.2 Å². The first-order chi connectivity index (χ1) is 12.1. The number of benzene rings is 2. The van der Waals surface area contributed by atoms with Crippen molar-refractivity contribution in [3.8, 4) is 17.2 Å². The Bertz CT molecular complexity index is 702. The fraction of sp³-hybridized carbons (Fsp3) is 0.350. The van der Waals surface area contributed by atoms with Gasteiger partial charge in [-0.15, -0.1) is 0 Å². The van der Waals surface area contributed by atoms with Crippen LogP contribution in [0.4, 0.5) is 0 Å². The number of nitrogens with zero attached hydrogens (tertiary/aromatic N) is 1. The van der Waals surface area contributed by atoms with E-state index in [2.05, 4.69) is 0 Å². The van der Waals surface area contributed by atoms with E-state index in [1.165, 1.54) is 0 Å². The highest BCUT2D eigenvalue weighted by molar-refractivity contribution is 5.81. The van der Waals surface area contributed by atoms with Crippen LogP contribution in [0.25, 0.3) is 0 Å². The maximum absolute atomic E-state index is 12.8. The fourth-order valence-electron chi connectivity index (χ4n) is 2.56. The van der Waals surface area contributed by atoms with E-state index in [9.17, 15) is 4.79 Å². The second kappa shape index (κ2) is 8.97. The predicted octanol–water partition coefficient (Wildman–Crippen LogP) is 3.52. The van der Waals surface area contributed by atoms with Gasteiger partial charge in [-0.05, 0) is 24.6 Å². The van der Waals surface area contributed by atoms with Crippen LogP contribution in [-0.4, -0.2) is 38.2 Å². The van der Waals surface area contributed by atoms with Gasteiger partial charge in [-0.3, -0.25) is 4.79 Å². The van der Waals surface area contributed by atoms with Gasteiger partial charge in [0.2, 0.25) is 0 Å². The van der Waals surface area contributed by atoms with Crippen LogP contribution in [0.3, 0.4) is 0 Å². The van der Waals surface area contributed by atoms with Gasteiger partial charge in [0.15, 0.2) is 6.10 Å². The summed E-state index contributed by atoms with van der Waals surface area (Å²) < 4.78 is 16.4. The predicted molar refractivity (Wildman–Crippen MR) is 97.2 cm³/mol. The summed E-state index contributed by atoms with van der Waals surface area (Å²) in [6.07, 6.45) is 0.0265. The normalized spacial score (nSPS) is 11.5. The van der Waals surface area contributed by atoms with Crippen LogP contribution in [-0.2, 0) is 11.3 Å². The molecule has 25 heavy (non-hydrogen) atoms. The van der Waals surface area contributed by atoms with Crippen molar-refractivity contribution < 1.29 is 19.0 Å². The molecule has 0 heterocycles. The standard InChI is InChI=1S/C20H25NO4/c1-5-18(25-17-11-8-10-16(13-17)23-3)20(22)21(2)14-15-9-6-7-12-19(15)24-4/h6-13,18H,5,14H2,1-4H3/t18-/m0/s1. The SMILES string of the molecule is CC[C@H](Oc1cccc(OC)c1)C(=O)N(C)Cc1ccccc1OC. The zero-order valence-electron chi connectivity index (χ0n) is 15.2.